The number of rotatable bonds is 5. The zero-order valence-electron chi connectivity index (χ0n) is 18.6. The van der Waals surface area contributed by atoms with Crippen LogP contribution in [0.5, 0.6) is 5.75 Å². The number of hydrogen-bond acceptors (Lipinski definition) is 5. The number of nitrogens with one attached hydrogen (secondary N) is 1. The number of benzene rings is 3. The number of nitrogens with zero attached hydrogens (tertiary/aromatic N) is 2. The van der Waals surface area contributed by atoms with Crippen LogP contribution < -0.4 is 10.1 Å². The molecule has 3 aromatic rings. The molecule has 2 fully saturated rings. The van der Waals surface area contributed by atoms with Gasteiger partial charge < -0.3 is 10.1 Å². The first-order valence-electron chi connectivity index (χ1n) is 11.7. The van der Waals surface area contributed by atoms with E-state index in [4.69, 9.17) is 4.74 Å². The largest absolute Gasteiger partial charge is 0.489 e. The van der Waals surface area contributed by atoms with Gasteiger partial charge in [0.25, 0.3) is 11.9 Å². The second kappa shape index (κ2) is 7.95. The number of carbonyl (C=O) groups excluding carboxylic acids is 1. The third-order valence-corrected chi connectivity index (χ3v) is 7.61. The van der Waals surface area contributed by atoms with E-state index in [0.29, 0.717) is 30.2 Å². The summed E-state index contributed by atoms with van der Waals surface area (Å²) in [5.41, 5.74) is 1.88. The number of anilines is 1. The molecule has 3 aromatic carbocycles. The van der Waals surface area contributed by atoms with E-state index in [9.17, 15) is 14.9 Å². The minimum atomic E-state index is -1.32. The number of carbonyl (C=O) groups is 1. The molecule has 0 aromatic heterocycles. The molecule has 172 valence electrons. The number of nitro groups is 1. The summed E-state index contributed by atoms with van der Waals surface area (Å²) in [5, 5.41) is 15.7. The van der Waals surface area contributed by atoms with Crippen molar-refractivity contribution in [3.63, 3.8) is 0 Å². The number of amides is 1. The molecule has 3 heterocycles. The average Bonchev–Trinajstić information content (AvgIpc) is 3.52. The Morgan fingerprint density at radius 1 is 1.03 bits per heavy atom. The highest BCUT2D eigenvalue weighted by Crippen LogP contribution is 2.58. The number of ether oxygens (including phenoxy) is 1. The van der Waals surface area contributed by atoms with Crippen molar-refractivity contribution in [2.24, 2.45) is 0 Å². The number of fused-ring (bicyclic) bond motifs is 4. The molecule has 3 aliphatic heterocycles. The molecule has 7 heteroatoms. The van der Waals surface area contributed by atoms with E-state index >= 15 is 0 Å². The van der Waals surface area contributed by atoms with Gasteiger partial charge in [-0.2, -0.15) is 0 Å². The van der Waals surface area contributed by atoms with Gasteiger partial charge in [0, 0.05) is 34.3 Å². The van der Waals surface area contributed by atoms with Gasteiger partial charge >= 0.3 is 0 Å². The Kier molecular flexibility index (Phi) is 4.88. The summed E-state index contributed by atoms with van der Waals surface area (Å²) in [6.45, 7) is 1.02. The van der Waals surface area contributed by atoms with Crippen molar-refractivity contribution in [2.75, 3.05) is 11.9 Å². The van der Waals surface area contributed by atoms with Crippen LogP contribution >= 0.6 is 0 Å². The smallest absolute Gasteiger partial charge is 0.256 e. The van der Waals surface area contributed by atoms with Crippen molar-refractivity contribution < 1.29 is 14.5 Å². The van der Waals surface area contributed by atoms with Crippen LogP contribution in [0.15, 0.2) is 78.9 Å². The maximum atomic E-state index is 13.6. The van der Waals surface area contributed by atoms with E-state index in [1.54, 1.807) is 0 Å². The van der Waals surface area contributed by atoms with Gasteiger partial charge in [0.2, 0.25) is 0 Å². The lowest BCUT2D eigenvalue weighted by molar-refractivity contribution is -0.534. The summed E-state index contributed by atoms with van der Waals surface area (Å²) in [6, 6.07) is 23.6. The molecular formula is C27H25N3O4. The van der Waals surface area contributed by atoms with Gasteiger partial charge in [0.05, 0.1) is 5.92 Å². The quantitative estimate of drug-likeness (QED) is 0.458. The Bertz CT molecular complexity index is 1260. The highest BCUT2D eigenvalue weighted by Gasteiger charge is 2.73. The van der Waals surface area contributed by atoms with Gasteiger partial charge in [-0.3, -0.25) is 19.8 Å². The second-order valence-electron chi connectivity index (χ2n) is 9.24. The molecule has 2 saturated heterocycles. The number of hydrogen-bond donors (Lipinski definition) is 1. The topological polar surface area (TPSA) is 84.7 Å². The van der Waals surface area contributed by atoms with E-state index in [0.717, 1.165) is 24.0 Å². The van der Waals surface area contributed by atoms with Gasteiger partial charge in [-0.1, -0.05) is 66.7 Å². The first kappa shape index (κ1) is 20.9. The SMILES string of the molecule is O=C1Nc2ccccc2[C@]12[C@H]([N+](=O)[O-])[C@@H](c1ccccc1OCc1ccccc1)[C@@H]1CCCN12. The van der Waals surface area contributed by atoms with Crippen LogP contribution in [0, 0.1) is 10.1 Å². The minimum absolute atomic E-state index is 0.117. The molecule has 6 rings (SSSR count). The fraction of sp³-hybridized carbons (Fsp3) is 0.296. The molecule has 34 heavy (non-hydrogen) atoms. The van der Waals surface area contributed by atoms with Crippen molar-refractivity contribution in [1.82, 2.24) is 4.90 Å². The summed E-state index contributed by atoms with van der Waals surface area (Å²) >= 11 is 0. The van der Waals surface area contributed by atoms with Crippen molar-refractivity contribution in [1.29, 1.82) is 0 Å². The van der Waals surface area contributed by atoms with Gasteiger partial charge in [-0.25, -0.2) is 0 Å². The van der Waals surface area contributed by atoms with Crippen LogP contribution in [-0.4, -0.2) is 34.4 Å². The van der Waals surface area contributed by atoms with Crippen LogP contribution in [0.4, 0.5) is 5.69 Å². The molecule has 0 bridgehead atoms. The predicted molar refractivity (Wildman–Crippen MR) is 127 cm³/mol. The molecule has 0 radical (unpaired) electrons. The zero-order chi connectivity index (χ0) is 23.3. The molecule has 4 atom stereocenters. The Balaban J connectivity index is 1.47. The first-order valence-corrected chi connectivity index (χ1v) is 11.7. The molecule has 0 aliphatic carbocycles. The summed E-state index contributed by atoms with van der Waals surface area (Å²) in [6.07, 6.45) is 1.70. The van der Waals surface area contributed by atoms with Crippen LogP contribution in [0.25, 0.3) is 0 Å². The van der Waals surface area contributed by atoms with Crippen molar-refractivity contribution in [3.8, 4) is 5.75 Å². The third-order valence-electron chi connectivity index (χ3n) is 7.61. The lowest BCUT2D eigenvalue weighted by Crippen LogP contribution is -2.55. The monoisotopic (exact) mass is 455 g/mol. The van der Waals surface area contributed by atoms with Gasteiger partial charge in [0.1, 0.15) is 12.4 Å². The highest BCUT2D eigenvalue weighted by atomic mass is 16.6. The third kappa shape index (κ3) is 2.90. The molecule has 1 N–H and O–H groups in total. The molecule has 0 saturated carbocycles. The van der Waals surface area contributed by atoms with Gasteiger partial charge in [-0.15, -0.1) is 0 Å². The van der Waals surface area contributed by atoms with Crippen LogP contribution in [-0.2, 0) is 16.9 Å². The van der Waals surface area contributed by atoms with E-state index in [1.165, 1.54) is 0 Å². The lowest BCUT2D eigenvalue weighted by atomic mass is 9.77. The summed E-state index contributed by atoms with van der Waals surface area (Å²) in [5.74, 6) is -0.132. The van der Waals surface area contributed by atoms with Crippen LogP contribution in [0.2, 0.25) is 0 Å². The summed E-state index contributed by atoms with van der Waals surface area (Å²) in [7, 11) is 0. The molecule has 7 nitrogen and oxygen atoms in total. The van der Waals surface area contributed by atoms with Crippen LogP contribution in [0.1, 0.15) is 35.4 Å². The molecule has 1 spiro atoms. The normalized spacial score (nSPS) is 27.4. The molecule has 1 amide bonds. The van der Waals surface area contributed by atoms with E-state index in [2.05, 4.69) is 10.2 Å². The fourth-order valence-electron chi connectivity index (χ4n) is 6.37. The molecular weight excluding hydrogens is 430 g/mol. The summed E-state index contributed by atoms with van der Waals surface area (Å²) in [4.78, 5) is 28.2. The Morgan fingerprint density at radius 2 is 1.76 bits per heavy atom. The van der Waals surface area contributed by atoms with Gasteiger partial charge in [-0.05, 0) is 30.5 Å². The van der Waals surface area contributed by atoms with Crippen LogP contribution in [0.3, 0.4) is 0 Å². The molecule has 3 aliphatic rings. The first-order chi connectivity index (χ1) is 16.6. The standard InChI is InChI=1S/C27H25N3O4/c31-26-27(20-12-5-6-13-21(20)28-26)25(30(32)33)24(22-14-8-16-29(22)27)19-11-4-7-15-23(19)34-17-18-9-2-1-3-10-18/h1-7,9-13,15,22,24-25H,8,14,16-17H2,(H,28,31)/t22-,24-,25+,27-/m0/s1. The highest BCUT2D eigenvalue weighted by molar-refractivity contribution is 6.07. The maximum absolute atomic E-state index is 13.6. The van der Waals surface area contributed by atoms with E-state index in [1.807, 2.05) is 78.9 Å². The zero-order valence-corrected chi connectivity index (χ0v) is 18.6. The van der Waals surface area contributed by atoms with Crippen molar-refractivity contribution >= 4 is 11.6 Å². The second-order valence-corrected chi connectivity index (χ2v) is 9.24. The molecule has 0 unspecified atom stereocenters. The Morgan fingerprint density at radius 3 is 2.59 bits per heavy atom. The van der Waals surface area contributed by atoms with E-state index in [-0.39, 0.29) is 16.9 Å². The fourth-order valence-corrected chi connectivity index (χ4v) is 6.37. The lowest BCUT2D eigenvalue weighted by Gasteiger charge is -2.32. The van der Waals surface area contributed by atoms with E-state index < -0.39 is 17.5 Å². The minimum Gasteiger partial charge on any atom is -0.489 e. The maximum Gasteiger partial charge on any atom is 0.256 e. The summed E-state index contributed by atoms with van der Waals surface area (Å²) < 4.78 is 6.22. The predicted octanol–water partition coefficient (Wildman–Crippen LogP) is 4.32. The van der Waals surface area contributed by atoms with Gasteiger partial charge in [0.15, 0.2) is 5.54 Å². The average molecular weight is 456 g/mol. The Hall–Kier alpha value is -3.71. The Labute approximate surface area is 197 Å². The van der Waals surface area contributed by atoms with Crippen molar-refractivity contribution in [2.45, 2.75) is 43.0 Å². The van der Waals surface area contributed by atoms with Crippen molar-refractivity contribution in [3.05, 3.63) is 106 Å². The number of para-hydroxylation sites is 2.